The lowest BCUT2D eigenvalue weighted by Gasteiger charge is -2.34. The maximum Gasteiger partial charge on any atom is 0.410 e. The van der Waals surface area contributed by atoms with Gasteiger partial charge in [-0.2, -0.15) is 0 Å². The molecule has 0 saturated carbocycles. The highest BCUT2D eigenvalue weighted by Gasteiger charge is 2.27. The van der Waals surface area contributed by atoms with Crippen LogP contribution in [0.4, 0.5) is 4.79 Å². The van der Waals surface area contributed by atoms with Crippen LogP contribution in [0.1, 0.15) is 53.4 Å². The number of aliphatic hydroxyl groups excluding tert-OH is 1. The minimum atomic E-state index is -0.427. The average Bonchev–Trinajstić information content (AvgIpc) is 2.24. The minimum Gasteiger partial charge on any atom is -0.444 e. The third-order valence-electron chi connectivity index (χ3n) is 3.16. The molecule has 4 nitrogen and oxygen atoms in total. The van der Waals surface area contributed by atoms with E-state index in [0.29, 0.717) is 5.92 Å². The second-order valence-corrected chi connectivity index (χ2v) is 6.36. The van der Waals surface area contributed by atoms with Crippen molar-refractivity contribution in [3.63, 3.8) is 0 Å². The first-order valence-electron chi connectivity index (χ1n) is 6.94. The molecule has 1 saturated heterocycles. The predicted octanol–water partition coefficient (Wildman–Crippen LogP) is 2.79. The maximum atomic E-state index is 12.0. The zero-order chi connectivity index (χ0) is 13.8. The number of carbonyl (C=O) groups excluding carboxylic acids is 1. The van der Waals surface area contributed by atoms with Crippen LogP contribution < -0.4 is 0 Å². The van der Waals surface area contributed by atoms with E-state index in [0.717, 1.165) is 38.8 Å². The Hall–Kier alpha value is -0.770. The van der Waals surface area contributed by atoms with Crippen LogP contribution in [0.2, 0.25) is 0 Å². The molecule has 1 N–H and O–H groups in total. The first-order chi connectivity index (χ1) is 8.28. The van der Waals surface area contributed by atoms with Gasteiger partial charge < -0.3 is 14.7 Å². The SMILES string of the molecule is CC(O)CCC1CCCN(C(=O)OC(C)(C)C)C1. The molecule has 0 aliphatic carbocycles. The number of ether oxygens (including phenoxy) is 1. The Morgan fingerprint density at radius 1 is 1.50 bits per heavy atom. The Bertz CT molecular complexity index is 271. The predicted molar refractivity (Wildman–Crippen MR) is 71.4 cm³/mol. The molecule has 106 valence electrons. The number of carbonyl (C=O) groups is 1. The summed E-state index contributed by atoms with van der Waals surface area (Å²) >= 11 is 0. The Morgan fingerprint density at radius 3 is 2.72 bits per heavy atom. The van der Waals surface area contributed by atoms with E-state index in [-0.39, 0.29) is 12.2 Å². The van der Waals surface area contributed by atoms with Crippen LogP contribution in [0.5, 0.6) is 0 Å². The first-order valence-corrected chi connectivity index (χ1v) is 6.94. The standard InChI is InChI=1S/C14H27NO3/c1-11(16)7-8-12-6-5-9-15(10-12)13(17)18-14(2,3)4/h11-12,16H,5-10H2,1-4H3. The summed E-state index contributed by atoms with van der Waals surface area (Å²) in [5.41, 5.74) is -0.427. The van der Waals surface area contributed by atoms with Crippen molar-refractivity contribution in [3.05, 3.63) is 0 Å². The van der Waals surface area contributed by atoms with Gasteiger partial charge in [-0.3, -0.25) is 0 Å². The highest BCUT2D eigenvalue weighted by Crippen LogP contribution is 2.23. The molecule has 0 aromatic rings. The molecule has 0 spiro atoms. The van der Waals surface area contributed by atoms with Crippen LogP contribution in [0, 0.1) is 5.92 Å². The van der Waals surface area contributed by atoms with Gasteiger partial charge in [-0.05, 0) is 59.3 Å². The van der Waals surface area contributed by atoms with E-state index in [2.05, 4.69) is 0 Å². The molecule has 1 rings (SSSR count). The van der Waals surface area contributed by atoms with Gasteiger partial charge in [0.05, 0.1) is 6.10 Å². The lowest BCUT2D eigenvalue weighted by atomic mass is 9.92. The van der Waals surface area contributed by atoms with E-state index in [1.807, 2.05) is 32.6 Å². The fourth-order valence-corrected chi connectivity index (χ4v) is 2.27. The van der Waals surface area contributed by atoms with Crippen molar-refractivity contribution in [1.82, 2.24) is 4.90 Å². The Kier molecular flexibility index (Phi) is 5.45. The third-order valence-corrected chi connectivity index (χ3v) is 3.16. The zero-order valence-electron chi connectivity index (χ0n) is 12.1. The summed E-state index contributed by atoms with van der Waals surface area (Å²) in [5.74, 6) is 0.501. The molecule has 0 aromatic heterocycles. The number of likely N-dealkylation sites (tertiary alicyclic amines) is 1. The third kappa shape index (κ3) is 5.71. The molecule has 2 unspecified atom stereocenters. The molecular formula is C14H27NO3. The summed E-state index contributed by atoms with van der Waals surface area (Å²) in [7, 11) is 0. The topological polar surface area (TPSA) is 49.8 Å². The molecule has 18 heavy (non-hydrogen) atoms. The van der Waals surface area contributed by atoms with Crippen molar-refractivity contribution in [2.24, 2.45) is 5.92 Å². The first kappa shape index (κ1) is 15.3. The van der Waals surface area contributed by atoms with Crippen LogP contribution in [0.25, 0.3) is 0 Å². The number of nitrogens with zero attached hydrogens (tertiary/aromatic N) is 1. The van der Waals surface area contributed by atoms with Crippen LogP contribution in [-0.4, -0.2) is 40.9 Å². The van der Waals surface area contributed by atoms with Crippen molar-refractivity contribution in [3.8, 4) is 0 Å². The number of hydrogen-bond donors (Lipinski definition) is 1. The molecule has 0 aromatic carbocycles. The summed E-state index contributed by atoms with van der Waals surface area (Å²) < 4.78 is 5.39. The van der Waals surface area contributed by atoms with Crippen LogP contribution in [0.3, 0.4) is 0 Å². The van der Waals surface area contributed by atoms with Gasteiger partial charge in [-0.25, -0.2) is 4.79 Å². The number of rotatable bonds is 3. The Labute approximate surface area is 110 Å². The minimum absolute atomic E-state index is 0.204. The van der Waals surface area contributed by atoms with Crippen molar-refractivity contribution < 1.29 is 14.6 Å². The highest BCUT2D eigenvalue weighted by atomic mass is 16.6. The van der Waals surface area contributed by atoms with E-state index in [1.54, 1.807) is 0 Å². The lowest BCUT2D eigenvalue weighted by molar-refractivity contribution is 0.0155. The summed E-state index contributed by atoms with van der Waals surface area (Å²) in [6.07, 6.45) is 3.52. The molecule has 1 fully saturated rings. The van der Waals surface area contributed by atoms with E-state index in [9.17, 15) is 9.90 Å². The summed E-state index contributed by atoms with van der Waals surface area (Å²) in [4.78, 5) is 13.8. The molecular weight excluding hydrogens is 230 g/mol. The van der Waals surface area contributed by atoms with Gasteiger partial charge in [0.15, 0.2) is 0 Å². The van der Waals surface area contributed by atoms with Gasteiger partial charge in [0.2, 0.25) is 0 Å². The second kappa shape index (κ2) is 6.41. The van der Waals surface area contributed by atoms with Crippen LogP contribution in [0.15, 0.2) is 0 Å². The van der Waals surface area contributed by atoms with Crippen LogP contribution in [-0.2, 0) is 4.74 Å². The average molecular weight is 257 g/mol. The quantitative estimate of drug-likeness (QED) is 0.845. The smallest absolute Gasteiger partial charge is 0.410 e. The Balaban J connectivity index is 2.40. The molecule has 1 aliphatic heterocycles. The van der Waals surface area contributed by atoms with Gasteiger partial charge in [0.25, 0.3) is 0 Å². The number of hydrogen-bond acceptors (Lipinski definition) is 3. The van der Waals surface area contributed by atoms with Gasteiger partial charge in [-0.15, -0.1) is 0 Å². The maximum absolute atomic E-state index is 12.0. The molecule has 2 atom stereocenters. The van der Waals surface area contributed by atoms with E-state index < -0.39 is 5.60 Å². The van der Waals surface area contributed by atoms with Crippen molar-refractivity contribution in [2.75, 3.05) is 13.1 Å². The van der Waals surface area contributed by atoms with Gasteiger partial charge in [0.1, 0.15) is 5.60 Å². The van der Waals surface area contributed by atoms with Crippen molar-refractivity contribution in [1.29, 1.82) is 0 Å². The second-order valence-electron chi connectivity index (χ2n) is 6.36. The molecule has 1 amide bonds. The number of piperidine rings is 1. The fourth-order valence-electron chi connectivity index (χ4n) is 2.27. The molecule has 1 aliphatic rings. The lowest BCUT2D eigenvalue weighted by Crippen LogP contribution is -2.43. The van der Waals surface area contributed by atoms with Gasteiger partial charge in [0, 0.05) is 13.1 Å². The van der Waals surface area contributed by atoms with E-state index in [1.165, 1.54) is 0 Å². The Morgan fingerprint density at radius 2 is 2.17 bits per heavy atom. The molecule has 0 radical (unpaired) electrons. The number of amides is 1. The molecule has 4 heteroatoms. The van der Waals surface area contributed by atoms with E-state index in [4.69, 9.17) is 4.74 Å². The zero-order valence-corrected chi connectivity index (χ0v) is 12.1. The largest absolute Gasteiger partial charge is 0.444 e. The molecule has 0 bridgehead atoms. The summed E-state index contributed by atoms with van der Waals surface area (Å²) in [6.45, 7) is 9.04. The van der Waals surface area contributed by atoms with E-state index >= 15 is 0 Å². The van der Waals surface area contributed by atoms with Gasteiger partial charge >= 0.3 is 6.09 Å². The highest BCUT2D eigenvalue weighted by molar-refractivity contribution is 5.68. The van der Waals surface area contributed by atoms with Gasteiger partial charge in [-0.1, -0.05) is 0 Å². The summed E-state index contributed by atoms with van der Waals surface area (Å²) in [5, 5.41) is 9.31. The van der Waals surface area contributed by atoms with Crippen molar-refractivity contribution >= 4 is 6.09 Å². The fraction of sp³-hybridized carbons (Fsp3) is 0.929. The van der Waals surface area contributed by atoms with Crippen molar-refractivity contribution in [2.45, 2.75) is 65.1 Å². The normalized spacial score (nSPS) is 22.7. The molecule has 1 heterocycles. The monoisotopic (exact) mass is 257 g/mol. The summed E-state index contributed by atoms with van der Waals surface area (Å²) in [6, 6.07) is 0. The van der Waals surface area contributed by atoms with Crippen LogP contribution >= 0.6 is 0 Å². The number of aliphatic hydroxyl groups is 1.